The zero-order valence-corrected chi connectivity index (χ0v) is 20.1. The topological polar surface area (TPSA) is 53.4 Å². The van der Waals surface area contributed by atoms with Crippen LogP contribution in [-0.2, 0) is 6.42 Å². The van der Waals surface area contributed by atoms with E-state index in [2.05, 4.69) is 59.1 Å². The maximum atomic E-state index is 12.8. The maximum absolute atomic E-state index is 12.8. The fourth-order valence-electron chi connectivity index (χ4n) is 4.45. The molecule has 1 aromatic heterocycles. The van der Waals surface area contributed by atoms with Crippen LogP contribution in [0.15, 0.2) is 54.7 Å². The SMILES string of the molecule is CCCc1nc(C(=O)NCCN2CCN(c3cccc(C)c3C)CC2)cn1-c1ccccc1. The first kappa shape index (κ1) is 23.1. The molecular weight excluding hydrogens is 410 g/mol. The van der Waals surface area contributed by atoms with Crippen molar-refractivity contribution in [3.8, 4) is 5.69 Å². The van der Waals surface area contributed by atoms with E-state index in [0.717, 1.165) is 57.1 Å². The van der Waals surface area contributed by atoms with Crippen LogP contribution >= 0.6 is 0 Å². The third-order valence-corrected chi connectivity index (χ3v) is 6.52. The molecule has 1 aliphatic rings. The van der Waals surface area contributed by atoms with Gasteiger partial charge >= 0.3 is 0 Å². The lowest BCUT2D eigenvalue weighted by molar-refractivity contribution is 0.0943. The molecule has 6 heteroatoms. The summed E-state index contributed by atoms with van der Waals surface area (Å²) in [6.45, 7) is 12.0. The van der Waals surface area contributed by atoms with Crippen LogP contribution in [0.1, 0.15) is 40.8 Å². The summed E-state index contributed by atoms with van der Waals surface area (Å²) in [5, 5.41) is 3.07. The molecule has 0 saturated carbocycles. The Balaban J connectivity index is 1.29. The first-order valence-corrected chi connectivity index (χ1v) is 12.0. The molecular formula is C27H35N5O. The number of amides is 1. The molecule has 2 heterocycles. The predicted octanol–water partition coefficient (Wildman–Crippen LogP) is 3.99. The standard InChI is InChI=1S/C27H35N5O/c1-4-9-26-29-24(20-32(26)23-11-6-5-7-12-23)27(33)28-14-15-30-16-18-31(19-17-30)25-13-8-10-21(2)22(25)3/h5-8,10-13,20H,4,9,14-19H2,1-3H3,(H,28,33). The second kappa shape index (κ2) is 10.7. The van der Waals surface area contributed by atoms with Crippen LogP contribution in [0.5, 0.6) is 0 Å². The summed E-state index contributed by atoms with van der Waals surface area (Å²) >= 11 is 0. The zero-order valence-electron chi connectivity index (χ0n) is 20.1. The van der Waals surface area contributed by atoms with Gasteiger partial charge in [-0.1, -0.05) is 37.3 Å². The first-order chi connectivity index (χ1) is 16.1. The lowest BCUT2D eigenvalue weighted by atomic mass is 10.1. The largest absolute Gasteiger partial charge is 0.369 e. The predicted molar refractivity (Wildman–Crippen MR) is 134 cm³/mol. The van der Waals surface area contributed by atoms with Crippen molar-refractivity contribution < 1.29 is 4.79 Å². The van der Waals surface area contributed by atoms with Gasteiger partial charge in [-0.05, 0) is 49.6 Å². The highest BCUT2D eigenvalue weighted by molar-refractivity contribution is 5.92. The van der Waals surface area contributed by atoms with Crippen molar-refractivity contribution in [2.75, 3.05) is 44.2 Å². The lowest BCUT2D eigenvalue weighted by Crippen LogP contribution is -2.48. The van der Waals surface area contributed by atoms with E-state index in [-0.39, 0.29) is 5.91 Å². The molecule has 0 aliphatic carbocycles. The highest BCUT2D eigenvalue weighted by atomic mass is 16.1. The van der Waals surface area contributed by atoms with Gasteiger partial charge in [0.15, 0.2) is 0 Å². The highest BCUT2D eigenvalue weighted by Crippen LogP contribution is 2.23. The number of imidazole rings is 1. The molecule has 174 valence electrons. The van der Waals surface area contributed by atoms with Crippen LogP contribution in [0.25, 0.3) is 5.69 Å². The average molecular weight is 446 g/mol. The molecule has 4 rings (SSSR count). The van der Waals surface area contributed by atoms with Gasteiger partial charge in [0.1, 0.15) is 11.5 Å². The Labute approximate surface area is 197 Å². The Kier molecular flexibility index (Phi) is 7.45. The molecule has 2 aromatic carbocycles. The monoisotopic (exact) mass is 445 g/mol. The zero-order chi connectivity index (χ0) is 23.2. The number of nitrogens with zero attached hydrogens (tertiary/aromatic N) is 4. The third kappa shape index (κ3) is 5.45. The molecule has 1 aliphatic heterocycles. The Bertz CT molecular complexity index is 1070. The second-order valence-corrected chi connectivity index (χ2v) is 8.80. The highest BCUT2D eigenvalue weighted by Gasteiger charge is 2.19. The van der Waals surface area contributed by atoms with Gasteiger partial charge in [0.05, 0.1) is 0 Å². The van der Waals surface area contributed by atoms with E-state index in [0.29, 0.717) is 12.2 Å². The van der Waals surface area contributed by atoms with E-state index in [1.54, 1.807) is 0 Å². The molecule has 0 atom stereocenters. The fourth-order valence-corrected chi connectivity index (χ4v) is 4.45. The summed E-state index contributed by atoms with van der Waals surface area (Å²) in [6, 6.07) is 16.6. The molecule has 0 spiro atoms. The van der Waals surface area contributed by atoms with Crippen LogP contribution < -0.4 is 10.2 Å². The minimum atomic E-state index is -0.101. The van der Waals surface area contributed by atoms with E-state index < -0.39 is 0 Å². The normalized spacial score (nSPS) is 14.5. The quantitative estimate of drug-likeness (QED) is 0.570. The van der Waals surface area contributed by atoms with Gasteiger partial charge in [-0.25, -0.2) is 4.98 Å². The minimum absolute atomic E-state index is 0.101. The van der Waals surface area contributed by atoms with E-state index in [4.69, 9.17) is 0 Å². The van der Waals surface area contributed by atoms with Crippen molar-refractivity contribution >= 4 is 11.6 Å². The van der Waals surface area contributed by atoms with Gasteiger partial charge in [0, 0.05) is 63.3 Å². The van der Waals surface area contributed by atoms with E-state index in [1.165, 1.54) is 16.8 Å². The summed E-state index contributed by atoms with van der Waals surface area (Å²) < 4.78 is 2.03. The molecule has 1 saturated heterocycles. The number of piperazine rings is 1. The summed E-state index contributed by atoms with van der Waals surface area (Å²) in [5.41, 5.74) is 5.58. The van der Waals surface area contributed by atoms with Crippen LogP contribution in [0, 0.1) is 13.8 Å². The average Bonchev–Trinajstić information content (AvgIpc) is 3.26. The molecule has 1 amide bonds. The van der Waals surface area contributed by atoms with Gasteiger partial charge in [-0.15, -0.1) is 0 Å². The number of benzene rings is 2. The lowest BCUT2D eigenvalue weighted by Gasteiger charge is -2.37. The van der Waals surface area contributed by atoms with Crippen molar-refractivity contribution in [2.24, 2.45) is 0 Å². The van der Waals surface area contributed by atoms with Crippen LogP contribution in [0.2, 0.25) is 0 Å². The van der Waals surface area contributed by atoms with Crippen LogP contribution in [0.4, 0.5) is 5.69 Å². The number of anilines is 1. The van der Waals surface area contributed by atoms with Gasteiger partial charge in [-0.2, -0.15) is 0 Å². The molecule has 1 fully saturated rings. The molecule has 3 aromatic rings. The summed E-state index contributed by atoms with van der Waals surface area (Å²) in [6.07, 6.45) is 3.68. The number of para-hydroxylation sites is 1. The number of aryl methyl sites for hydroxylation is 2. The van der Waals surface area contributed by atoms with Gasteiger partial charge < -0.3 is 14.8 Å². The number of hydrogen-bond donors (Lipinski definition) is 1. The van der Waals surface area contributed by atoms with Crippen molar-refractivity contribution in [3.05, 3.63) is 77.4 Å². The summed E-state index contributed by atoms with van der Waals surface area (Å²) in [4.78, 5) is 22.3. The van der Waals surface area contributed by atoms with Crippen LogP contribution in [0.3, 0.4) is 0 Å². The Morgan fingerprint density at radius 1 is 1.00 bits per heavy atom. The van der Waals surface area contributed by atoms with Crippen LogP contribution in [-0.4, -0.2) is 59.6 Å². The molecule has 33 heavy (non-hydrogen) atoms. The van der Waals surface area contributed by atoms with Gasteiger partial charge in [0.25, 0.3) is 5.91 Å². The van der Waals surface area contributed by atoms with Crippen molar-refractivity contribution in [2.45, 2.75) is 33.6 Å². The van der Waals surface area contributed by atoms with Crippen molar-refractivity contribution in [3.63, 3.8) is 0 Å². The van der Waals surface area contributed by atoms with Crippen molar-refractivity contribution in [1.29, 1.82) is 0 Å². The molecule has 0 radical (unpaired) electrons. The second-order valence-electron chi connectivity index (χ2n) is 8.80. The van der Waals surface area contributed by atoms with E-state index in [9.17, 15) is 4.79 Å². The van der Waals surface area contributed by atoms with Gasteiger partial charge in [0.2, 0.25) is 0 Å². The Morgan fingerprint density at radius 3 is 2.48 bits per heavy atom. The van der Waals surface area contributed by atoms with E-state index in [1.807, 2.05) is 41.1 Å². The number of carbonyl (C=O) groups excluding carboxylic acids is 1. The Morgan fingerprint density at radius 2 is 1.76 bits per heavy atom. The summed E-state index contributed by atoms with van der Waals surface area (Å²) in [7, 11) is 0. The number of hydrogen-bond acceptors (Lipinski definition) is 4. The first-order valence-electron chi connectivity index (χ1n) is 12.0. The maximum Gasteiger partial charge on any atom is 0.271 e. The number of aromatic nitrogens is 2. The molecule has 0 unspecified atom stereocenters. The third-order valence-electron chi connectivity index (χ3n) is 6.52. The summed E-state index contributed by atoms with van der Waals surface area (Å²) in [5.74, 6) is 0.826. The van der Waals surface area contributed by atoms with Gasteiger partial charge in [-0.3, -0.25) is 9.69 Å². The number of nitrogens with one attached hydrogen (secondary N) is 1. The molecule has 0 bridgehead atoms. The minimum Gasteiger partial charge on any atom is -0.369 e. The molecule has 1 N–H and O–H groups in total. The fraction of sp³-hybridized carbons (Fsp3) is 0.407. The Hall–Kier alpha value is -3.12. The van der Waals surface area contributed by atoms with Crippen molar-refractivity contribution in [1.82, 2.24) is 19.8 Å². The molecule has 6 nitrogen and oxygen atoms in total. The number of carbonyl (C=O) groups is 1. The number of rotatable bonds is 8. The van der Waals surface area contributed by atoms with E-state index >= 15 is 0 Å². The smallest absolute Gasteiger partial charge is 0.271 e.